The second kappa shape index (κ2) is 6.54. The number of nitrogens with one attached hydrogen (secondary N) is 2. The number of amides is 2. The third-order valence-corrected chi connectivity index (χ3v) is 3.57. The van der Waals surface area contributed by atoms with Crippen LogP contribution in [0.4, 0.5) is 5.69 Å². The Morgan fingerprint density at radius 1 is 1.30 bits per heavy atom. The zero-order valence-electron chi connectivity index (χ0n) is 10.8. The lowest BCUT2D eigenvalue weighted by Crippen LogP contribution is -2.32. The van der Waals surface area contributed by atoms with Gasteiger partial charge in [-0.1, -0.05) is 11.6 Å². The Bertz CT molecular complexity index is 626. The number of carbonyl (C=O) groups is 2. The summed E-state index contributed by atoms with van der Waals surface area (Å²) in [6, 6.07) is 6.91. The molecule has 0 spiro atoms. The molecule has 4 nitrogen and oxygen atoms in total. The summed E-state index contributed by atoms with van der Waals surface area (Å²) in [6.45, 7) is 1.78. The lowest BCUT2D eigenvalue weighted by Gasteiger charge is -2.09. The van der Waals surface area contributed by atoms with Crippen LogP contribution in [0.5, 0.6) is 0 Å². The Labute approximate surface area is 125 Å². The maximum atomic E-state index is 11.8. The van der Waals surface area contributed by atoms with E-state index in [1.807, 2.05) is 12.3 Å². The van der Waals surface area contributed by atoms with Gasteiger partial charge >= 0.3 is 0 Å². The Hall–Kier alpha value is -1.85. The van der Waals surface area contributed by atoms with Gasteiger partial charge < -0.3 is 10.6 Å². The molecule has 2 aromatic rings. The number of thiophene rings is 1. The highest BCUT2D eigenvalue weighted by Gasteiger charge is 2.09. The van der Waals surface area contributed by atoms with Crippen molar-refractivity contribution in [1.82, 2.24) is 5.32 Å². The third-order valence-electron chi connectivity index (χ3n) is 2.66. The number of hydrogen-bond acceptors (Lipinski definition) is 3. The number of halogens is 1. The monoisotopic (exact) mass is 308 g/mol. The van der Waals surface area contributed by atoms with Gasteiger partial charge in [-0.15, -0.1) is 0 Å². The zero-order valence-corrected chi connectivity index (χ0v) is 12.3. The summed E-state index contributed by atoms with van der Waals surface area (Å²) in [5.41, 5.74) is 2.12. The Kier molecular flexibility index (Phi) is 4.76. The van der Waals surface area contributed by atoms with Crippen LogP contribution in [0.3, 0.4) is 0 Å². The fraction of sp³-hybridized carbons (Fsp3) is 0.143. The van der Waals surface area contributed by atoms with Crippen LogP contribution in [-0.2, 0) is 4.79 Å². The van der Waals surface area contributed by atoms with Gasteiger partial charge in [0.15, 0.2) is 0 Å². The second-order valence-electron chi connectivity index (χ2n) is 4.20. The molecule has 1 aromatic heterocycles. The molecule has 0 fully saturated rings. The van der Waals surface area contributed by atoms with Gasteiger partial charge in [0.1, 0.15) is 0 Å². The van der Waals surface area contributed by atoms with E-state index in [9.17, 15) is 9.59 Å². The number of benzene rings is 1. The largest absolute Gasteiger partial charge is 0.343 e. The standard InChI is InChI=1S/C14H13ClN2O2S/c1-9-6-11(15)2-3-12(9)17-13(18)7-16-14(19)10-4-5-20-8-10/h2-6,8H,7H2,1H3,(H,16,19)(H,17,18). The van der Waals surface area contributed by atoms with Gasteiger partial charge in [-0.05, 0) is 42.1 Å². The van der Waals surface area contributed by atoms with Crippen molar-refractivity contribution < 1.29 is 9.59 Å². The van der Waals surface area contributed by atoms with E-state index in [1.54, 1.807) is 29.6 Å². The third kappa shape index (κ3) is 3.82. The Morgan fingerprint density at radius 3 is 2.75 bits per heavy atom. The van der Waals surface area contributed by atoms with Crippen LogP contribution >= 0.6 is 22.9 Å². The van der Waals surface area contributed by atoms with E-state index in [1.165, 1.54) is 11.3 Å². The first-order valence-corrected chi connectivity index (χ1v) is 7.25. The fourth-order valence-corrected chi connectivity index (χ4v) is 2.48. The van der Waals surface area contributed by atoms with Crippen molar-refractivity contribution in [2.45, 2.75) is 6.92 Å². The van der Waals surface area contributed by atoms with Crippen molar-refractivity contribution in [3.63, 3.8) is 0 Å². The summed E-state index contributed by atoms with van der Waals surface area (Å²) < 4.78 is 0. The van der Waals surface area contributed by atoms with E-state index in [0.29, 0.717) is 16.3 Å². The molecule has 0 unspecified atom stereocenters. The molecule has 6 heteroatoms. The second-order valence-corrected chi connectivity index (χ2v) is 5.42. The highest BCUT2D eigenvalue weighted by atomic mass is 35.5. The topological polar surface area (TPSA) is 58.2 Å². The number of aryl methyl sites for hydroxylation is 1. The number of hydrogen-bond donors (Lipinski definition) is 2. The minimum Gasteiger partial charge on any atom is -0.343 e. The van der Waals surface area contributed by atoms with Crippen LogP contribution in [0.1, 0.15) is 15.9 Å². The van der Waals surface area contributed by atoms with Gasteiger partial charge in [-0.25, -0.2) is 0 Å². The molecule has 0 aliphatic rings. The number of rotatable bonds is 4. The normalized spacial score (nSPS) is 10.1. The molecule has 104 valence electrons. The molecule has 0 radical (unpaired) electrons. The zero-order chi connectivity index (χ0) is 14.5. The van der Waals surface area contributed by atoms with Gasteiger partial charge in [0.05, 0.1) is 6.54 Å². The van der Waals surface area contributed by atoms with Crippen LogP contribution < -0.4 is 10.6 Å². The first-order chi connectivity index (χ1) is 9.56. The molecule has 0 aliphatic heterocycles. The molecule has 2 rings (SSSR count). The predicted molar refractivity (Wildman–Crippen MR) is 81.5 cm³/mol. The van der Waals surface area contributed by atoms with Gasteiger partial charge in [-0.2, -0.15) is 11.3 Å². The average Bonchev–Trinajstić information content (AvgIpc) is 2.93. The summed E-state index contributed by atoms with van der Waals surface area (Å²) in [7, 11) is 0. The van der Waals surface area contributed by atoms with Crippen LogP contribution in [0.15, 0.2) is 35.0 Å². The molecule has 0 atom stereocenters. The summed E-state index contributed by atoms with van der Waals surface area (Å²) in [5, 5.41) is 9.46. The Balaban J connectivity index is 1.88. The van der Waals surface area contributed by atoms with E-state index in [4.69, 9.17) is 11.6 Å². The minimum absolute atomic E-state index is 0.0727. The molecule has 0 saturated carbocycles. The summed E-state index contributed by atoms with van der Waals surface area (Å²) in [4.78, 5) is 23.4. The highest BCUT2D eigenvalue weighted by molar-refractivity contribution is 7.08. The quantitative estimate of drug-likeness (QED) is 0.912. The van der Waals surface area contributed by atoms with Gasteiger partial charge in [0.2, 0.25) is 5.91 Å². The smallest absolute Gasteiger partial charge is 0.252 e. The number of anilines is 1. The van der Waals surface area contributed by atoms with Gasteiger partial charge in [0.25, 0.3) is 5.91 Å². The summed E-state index contributed by atoms with van der Waals surface area (Å²) in [5.74, 6) is -0.534. The van der Waals surface area contributed by atoms with Crippen molar-refractivity contribution in [3.05, 3.63) is 51.2 Å². The molecule has 2 amide bonds. The lowest BCUT2D eigenvalue weighted by molar-refractivity contribution is -0.115. The molecule has 1 aromatic carbocycles. The maximum absolute atomic E-state index is 11.8. The SMILES string of the molecule is Cc1cc(Cl)ccc1NC(=O)CNC(=O)c1ccsc1. The van der Waals surface area contributed by atoms with E-state index >= 15 is 0 Å². The molecule has 1 heterocycles. The fourth-order valence-electron chi connectivity index (χ4n) is 1.62. The van der Waals surface area contributed by atoms with Crippen molar-refractivity contribution in [2.75, 3.05) is 11.9 Å². The van der Waals surface area contributed by atoms with Crippen LogP contribution in [0.2, 0.25) is 5.02 Å². The van der Waals surface area contributed by atoms with Crippen LogP contribution in [-0.4, -0.2) is 18.4 Å². The van der Waals surface area contributed by atoms with Gasteiger partial charge in [0, 0.05) is 21.7 Å². The van der Waals surface area contributed by atoms with E-state index in [-0.39, 0.29) is 18.4 Å². The molecule has 2 N–H and O–H groups in total. The number of carbonyl (C=O) groups excluding carboxylic acids is 2. The van der Waals surface area contributed by atoms with Crippen LogP contribution in [0.25, 0.3) is 0 Å². The van der Waals surface area contributed by atoms with Crippen molar-refractivity contribution >= 4 is 40.4 Å². The van der Waals surface area contributed by atoms with E-state index in [2.05, 4.69) is 10.6 Å². The molecule has 0 saturated heterocycles. The summed E-state index contributed by atoms with van der Waals surface area (Å²) in [6.07, 6.45) is 0. The lowest BCUT2D eigenvalue weighted by atomic mass is 10.2. The minimum atomic E-state index is -0.279. The molecular formula is C14H13ClN2O2S. The predicted octanol–water partition coefficient (Wildman–Crippen LogP) is 3.08. The average molecular weight is 309 g/mol. The van der Waals surface area contributed by atoms with Crippen molar-refractivity contribution in [3.8, 4) is 0 Å². The van der Waals surface area contributed by atoms with Crippen molar-refractivity contribution in [1.29, 1.82) is 0 Å². The van der Waals surface area contributed by atoms with Gasteiger partial charge in [-0.3, -0.25) is 9.59 Å². The maximum Gasteiger partial charge on any atom is 0.252 e. The Morgan fingerprint density at radius 2 is 2.10 bits per heavy atom. The van der Waals surface area contributed by atoms with E-state index in [0.717, 1.165) is 5.56 Å². The molecule has 0 bridgehead atoms. The molecule has 20 heavy (non-hydrogen) atoms. The van der Waals surface area contributed by atoms with Crippen molar-refractivity contribution in [2.24, 2.45) is 0 Å². The summed E-state index contributed by atoms with van der Waals surface area (Å²) >= 11 is 7.28. The first kappa shape index (κ1) is 14.6. The molecule has 0 aliphatic carbocycles. The van der Waals surface area contributed by atoms with E-state index < -0.39 is 0 Å². The highest BCUT2D eigenvalue weighted by Crippen LogP contribution is 2.19. The molecular weight excluding hydrogens is 296 g/mol. The first-order valence-electron chi connectivity index (χ1n) is 5.92. The van der Waals surface area contributed by atoms with Crippen LogP contribution in [0, 0.1) is 6.92 Å².